The van der Waals surface area contributed by atoms with Crippen LogP contribution in [0.4, 0.5) is 0 Å². The molecule has 1 heterocycles. The fourth-order valence-electron chi connectivity index (χ4n) is 8.40. The standard InChI is InChI=1S/C47H93NO4/c1-9-11-13-15-17-19-21-23-25-26-28-30-32-34-36-38-44(49)52-43-40-45(3,4)48(46(5,6)41-43)51-42-47(7,8)50-39-37-35-33-31-29-27-24-22-20-18-16-14-12-10-2/h43H,9-42H2,1-8H3. The first-order valence-corrected chi connectivity index (χ1v) is 23.2. The minimum Gasteiger partial charge on any atom is -0.462 e. The van der Waals surface area contributed by atoms with Gasteiger partial charge in [-0.3, -0.25) is 9.63 Å². The van der Waals surface area contributed by atoms with E-state index in [0.717, 1.165) is 38.7 Å². The average molecular weight is 736 g/mol. The number of carbonyl (C=O) groups is 1. The van der Waals surface area contributed by atoms with Crippen molar-refractivity contribution in [2.24, 2.45) is 0 Å². The quantitative estimate of drug-likeness (QED) is 0.0474. The molecule has 0 saturated carbocycles. The van der Waals surface area contributed by atoms with Crippen molar-refractivity contribution in [3.63, 3.8) is 0 Å². The van der Waals surface area contributed by atoms with Gasteiger partial charge in [0.25, 0.3) is 0 Å². The number of piperidine rings is 1. The van der Waals surface area contributed by atoms with Gasteiger partial charge in [0.1, 0.15) is 6.10 Å². The molecule has 0 N–H and O–H groups in total. The van der Waals surface area contributed by atoms with Crippen LogP contribution in [0.25, 0.3) is 0 Å². The van der Waals surface area contributed by atoms with Gasteiger partial charge in [0.15, 0.2) is 0 Å². The van der Waals surface area contributed by atoms with Crippen molar-refractivity contribution in [1.82, 2.24) is 5.06 Å². The molecular formula is C47H93NO4. The zero-order valence-electron chi connectivity index (χ0n) is 36.7. The molecule has 1 rings (SSSR count). The maximum Gasteiger partial charge on any atom is 0.306 e. The van der Waals surface area contributed by atoms with Gasteiger partial charge in [0.2, 0.25) is 0 Å². The molecule has 310 valence electrons. The monoisotopic (exact) mass is 736 g/mol. The summed E-state index contributed by atoms with van der Waals surface area (Å²) in [6, 6.07) is 0. The summed E-state index contributed by atoms with van der Waals surface area (Å²) in [5.74, 6) is -0.0290. The molecule has 0 aromatic carbocycles. The number of rotatable bonds is 36. The van der Waals surface area contributed by atoms with E-state index in [-0.39, 0.29) is 28.8 Å². The minimum absolute atomic E-state index is 0.0290. The van der Waals surface area contributed by atoms with Crippen molar-refractivity contribution in [1.29, 1.82) is 0 Å². The first-order chi connectivity index (χ1) is 24.9. The number of unbranched alkanes of at least 4 members (excludes halogenated alkanes) is 27. The lowest BCUT2D eigenvalue weighted by molar-refractivity contribution is -0.309. The molecule has 0 amide bonds. The van der Waals surface area contributed by atoms with Gasteiger partial charge < -0.3 is 9.47 Å². The van der Waals surface area contributed by atoms with Crippen LogP contribution in [0.1, 0.15) is 261 Å². The van der Waals surface area contributed by atoms with Gasteiger partial charge in [0.05, 0.1) is 12.2 Å². The topological polar surface area (TPSA) is 48.0 Å². The molecule has 0 aromatic heterocycles. The van der Waals surface area contributed by atoms with Gasteiger partial charge in [-0.1, -0.05) is 187 Å². The van der Waals surface area contributed by atoms with Crippen LogP contribution in [0, 0.1) is 0 Å². The van der Waals surface area contributed by atoms with Crippen LogP contribution in [0.15, 0.2) is 0 Å². The first-order valence-electron chi connectivity index (χ1n) is 23.2. The molecule has 5 heteroatoms. The second kappa shape index (κ2) is 30.6. The molecule has 1 aliphatic rings. The Labute approximate surface area is 326 Å². The molecule has 1 saturated heterocycles. The van der Waals surface area contributed by atoms with Crippen LogP contribution in [0.3, 0.4) is 0 Å². The lowest BCUT2D eigenvalue weighted by atomic mass is 9.80. The van der Waals surface area contributed by atoms with Gasteiger partial charge in [0, 0.05) is 36.9 Å². The summed E-state index contributed by atoms with van der Waals surface area (Å²) in [4.78, 5) is 19.3. The Morgan fingerprint density at radius 2 is 0.865 bits per heavy atom. The van der Waals surface area contributed by atoms with E-state index >= 15 is 0 Å². The third-order valence-corrected chi connectivity index (χ3v) is 11.4. The Kier molecular flexibility index (Phi) is 29.0. The van der Waals surface area contributed by atoms with E-state index in [4.69, 9.17) is 14.3 Å². The Balaban J connectivity index is 2.14. The molecule has 1 fully saturated rings. The SMILES string of the molecule is CCCCCCCCCCCCCCCCCC(=O)OC1CC(C)(C)N(OCC(C)(C)OCCCCCCCCCCCCCCCC)C(C)(C)C1. The van der Waals surface area contributed by atoms with E-state index < -0.39 is 0 Å². The Hall–Kier alpha value is -0.650. The van der Waals surface area contributed by atoms with Crippen molar-refractivity contribution < 1.29 is 19.1 Å². The number of hydrogen-bond acceptors (Lipinski definition) is 5. The minimum atomic E-state index is -0.348. The van der Waals surface area contributed by atoms with Crippen LogP contribution < -0.4 is 0 Å². The highest BCUT2D eigenvalue weighted by molar-refractivity contribution is 5.69. The molecular weight excluding hydrogens is 643 g/mol. The summed E-state index contributed by atoms with van der Waals surface area (Å²) in [5.41, 5.74) is -0.836. The van der Waals surface area contributed by atoms with Gasteiger partial charge in [-0.05, 0) is 54.4 Å². The summed E-state index contributed by atoms with van der Waals surface area (Å²) < 4.78 is 12.4. The molecule has 52 heavy (non-hydrogen) atoms. The zero-order valence-corrected chi connectivity index (χ0v) is 36.7. The maximum absolute atomic E-state index is 12.8. The van der Waals surface area contributed by atoms with Crippen molar-refractivity contribution in [2.75, 3.05) is 13.2 Å². The number of carbonyl (C=O) groups excluding carboxylic acids is 1. The van der Waals surface area contributed by atoms with Gasteiger partial charge in [-0.2, -0.15) is 5.06 Å². The van der Waals surface area contributed by atoms with Crippen LogP contribution in [0.2, 0.25) is 0 Å². The van der Waals surface area contributed by atoms with Gasteiger partial charge in [-0.15, -0.1) is 0 Å². The number of hydrogen-bond donors (Lipinski definition) is 0. The van der Waals surface area contributed by atoms with E-state index in [0.29, 0.717) is 13.0 Å². The van der Waals surface area contributed by atoms with Crippen molar-refractivity contribution >= 4 is 5.97 Å². The third kappa shape index (κ3) is 26.2. The van der Waals surface area contributed by atoms with E-state index in [1.54, 1.807) is 0 Å². The van der Waals surface area contributed by atoms with Crippen LogP contribution in [-0.2, 0) is 19.1 Å². The Morgan fingerprint density at radius 3 is 1.23 bits per heavy atom. The molecule has 0 atom stereocenters. The number of nitrogens with zero attached hydrogens (tertiary/aromatic N) is 1. The van der Waals surface area contributed by atoms with Gasteiger partial charge in [-0.25, -0.2) is 0 Å². The van der Waals surface area contributed by atoms with Crippen molar-refractivity contribution in [3.05, 3.63) is 0 Å². The first kappa shape index (κ1) is 49.4. The molecule has 0 unspecified atom stereocenters. The molecule has 1 aliphatic heterocycles. The predicted octanol–water partition coefficient (Wildman–Crippen LogP) is 15.0. The summed E-state index contributed by atoms with van der Waals surface area (Å²) in [5, 5.41) is 2.16. The van der Waals surface area contributed by atoms with E-state index in [1.807, 2.05) is 0 Å². The highest BCUT2D eigenvalue weighted by atomic mass is 16.7. The van der Waals surface area contributed by atoms with Crippen LogP contribution >= 0.6 is 0 Å². The highest BCUT2D eigenvalue weighted by Gasteiger charge is 2.48. The lowest BCUT2D eigenvalue weighted by Gasteiger charge is -2.53. The molecule has 0 aromatic rings. The Morgan fingerprint density at radius 1 is 0.538 bits per heavy atom. The summed E-state index contributed by atoms with van der Waals surface area (Å²) in [6.07, 6.45) is 41.2. The smallest absolute Gasteiger partial charge is 0.306 e. The fraction of sp³-hybridized carbons (Fsp3) is 0.979. The molecule has 0 bridgehead atoms. The van der Waals surface area contributed by atoms with Crippen molar-refractivity contribution in [3.8, 4) is 0 Å². The summed E-state index contributed by atoms with van der Waals surface area (Å²) >= 11 is 0. The second-order valence-electron chi connectivity index (χ2n) is 18.6. The predicted molar refractivity (Wildman–Crippen MR) is 225 cm³/mol. The Bertz CT molecular complexity index is 806. The van der Waals surface area contributed by atoms with Gasteiger partial charge >= 0.3 is 5.97 Å². The van der Waals surface area contributed by atoms with Crippen LogP contribution in [-0.4, -0.2) is 47.0 Å². The van der Waals surface area contributed by atoms with E-state index in [2.05, 4.69) is 60.5 Å². The normalized spacial score (nSPS) is 16.5. The molecule has 5 nitrogen and oxygen atoms in total. The number of hydroxylamine groups is 2. The fourth-order valence-corrected chi connectivity index (χ4v) is 8.40. The lowest BCUT2D eigenvalue weighted by Crippen LogP contribution is -2.62. The van der Waals surface area contributed by atoms with Crippen LogP contribution in [0.5, 0.6) is 0 Å². The molecule has 0 radical (unpaired) electrons. The molecule has 0 spiro atoms. The summed E-state index contributed by atoms with van der Waals surface area (Å²) in [6.45, 7) is 19.0. The van der Waals surface area contributed by atoms with E-state index in [1.165, 1.54) is 167 Å². The maximum atomic E-state index is 12.8. The summed E-state index contributed by atoms with van der Waals surface area (Å²) in [7, 11) is 0. The second-order valence-corrected chi connectivity index (χ2v) is 18.6. The zero-order chi connectivity index (χ0) is 38.4. The van der Waals surface area contributed by atoms with Crippen molar-refractivity contribution in [2.45, 2.75) is 284 Å². The average Bonchev–Trinajstić information content (AvgIpc) is 3.07. The highest BCUT2D eigenvalue weighted by Crippen LogP contribution is 2.40. The van der Waals surface area contributed by atoms with E-state index in [9.17, 15) is 4.79 Å². The third-order valence-electron chi connectivity index (χ3n) is 11.4. The molecule has 0 aliphatic carbocycles. The largest absolute Gasteiger partial charge is 0.462 e. The number of esters is 1. The number of ether oxygens (including phenoxy) is 2.